The Morgan fingerprint density at radius 2 is 1.73 bits per heavy atom. The summed E-state index contributed by atoms with van der Waals surface area (Å²) < 4.78 is 13.1. The smallest absolute Gasteiger partial charge is 0.288 e. The van der Waals surface area contributed by atoms with Crippen molar-refractivity contribution in [2.24, 2.45) is 0 Å². The van der Waals surface area contributed by atoms with Crippen molar-refractivity contribution in [3.8, 4) is 0 Å². The fourth-order valence-electron chi connectivity index (χ4n) is 3.86. The first-order chi connectivity index (χ1) is 14.6. The predicted molar refractivity (Wildman–Crippen MR) is 117 cm³/mol. The van der Waals surface area contributed by atoms with Crippen molar-refractivity contribution in [1.29, 1.82) is 0 Å². The number of carbonyl (C=O) groups excluding carboxylic acids is 1. The van der Waals surface area contributed by atoms with Gasteiger partial charge in [0.25, 0.3) is 5.91 Å². The molecule has 4 rings (SSSR count). The molecule has 1 amide bonds. The van der Waals surface area contributed by atoms with Crippen LogP contribution in [-0.4, -0.2) is 35.3 Å². The van der Waals surface area contributed by atoms with E-state index in [1.807, 2.05) is 47.4 Å². The lowest BCUT2D eigenvalue weighted by atomic mass is 9.93. The summed E-state index contributed by atoms with van der Waals surface area (Å²) in [5, 5.41) is 9.19. The molecule has 5 nitrogen and oxygen atoms in total. The molecule has 0 spiro atoms. The molecule has 0 aliphatic carbocycles. The average Bonchev–Trinajstić information content (AvgIpc) is 3.33. The zero-order valence-corrected chi connectivity index (χ0v) is 18.4. The molecule has 158 valence electrons. The highest BCUT2D eigenvalue weighted by molar-refractivity contribution is 9.10. The van der Waals surface area contributed by atoms with Crippen LogP contribution in [0.1, 0.15) is 41.9 Å². The van der Waals surface area contributed by atoms with Crippen LogP contribution in [0.15, 0.2) is 64.8 Å². The van der Waals surface area contributed by atoms with E-state index < -0.39 is 6.29 Å². The Morgan fingerprint density at radius 1 is 1.07 bits per heavy atom. The Kier molecular flexibility index (Phi) is 6.87. The first-order valence-electron chi connectivity index (χ1n) is 10.4. The minimum atomic E-state index is -0.497. The normalized spacial score (nSPS) is 21.3. The van der Waals surface area contributed by atoms with E-state index in [1.54, 1.807) is 0 Å². The Balaban J connectivity index is 1.49. The lowest BCUT2D eigenvalue weighted by Gasteiger charge is -2.31. The fraction of sp³-hybridized carbons (Fsp3) is 0.375. The van der Waals surface area contributed by atoms with Gasteiger partial charge in [0, 0.05) is 29.9 Å². The summed E-state index contributed by atoms with van der Waals surface area (Å²) in [5.74, 6) is 0.391. The number of hydrogen-bond acceptors (Lipinski definition) is 4. The van der Waals surface area contributed by atoms with Gasteiger partial charge >= 0.3 is 0 Å². The van der Waals surface area contributed by atoms with E-state index >= 15 is 0 Å². The summed E-state index contributed by atoms with van der Waals surface area (Å²) in [7, 11) is 0. The molecule has 0 bridgehead atoms. The quantitative estimate of drug-likeness (QED) is 0.673. The number of benzene rings is 2. The summed E-state index contributed by atoms with van der Waals surface area (Å²) in [6.07, 6.45) is 4.17. The van der Waals surface area contributed by atoms with E-state index in [-0.39, 0.29) is 18.4 Å². The molecule has 2 aromatic rings. The van der Waals surface area contributed by atoms with Gasteiger partial charge in [0.1, 0.15) is 0 Å². The maximum absolute atomic E-state index is 13.0. The zero-order valence-electron chi connectivity index (χ0n) is 16.8. The van der Waals surface area contributed by atoms with Gasteiger partial charge in [-0.1, -0.05) is 52.3 Å². The van der Waals surface area contributed by atoms with Crippen LogP contribution in [0.2, 0.25) is 0 Å². The number of rotatable bonds is 6. The number of nitrogens with zero attached hydrogens (tertiary/aromatic N) is 1. The van der Waals surface area contributed by atoms with Gasteiger partial charge in [0.05, 0.1) is 13.2 Å². The van der Waals surface area contributed by atoms with Crippen LogP contribution in [-0.2, 0) is 27.5 Å². The Bertz CT molecular complexity index is 888. The lowest BCUT2D eigenvalue weighted by Crippen LogP contribution is -2.34. The highest BCUT2D eigenvalue weighted by Crippen LogP contribution is 2.33. The molecule has 2 aromatic carbocycles. The van der Waals surface area contributed by atoms with E-state index in [0.29, 0.717) is 18.8 Å². The number of amides is 1. The Morgan fingerprint density at radius 3 is 2.40 bits per heavy atom. The third-order valence-electron chi connectivity index (χ3n) is 5.60. The van der Waals surface area contributed by atoms with E-state index in [9.17, 15) is 9.90 Å². The van der Waals surface area contributed by atoms with Gasteiger partial charge in [-0.15, -0.1) is 0 Å². The molecule has 0 unspecified atom stereocenters. The van der Waals surface area contributed by atoms with Crippen molar-refractivity contribution < 1.29 is 19.4 Å². The highest BCUT2D eigenvalue weighted by atomic mass is 79.9. The minimum Gasteiger partial charge on any atom is -0.459 e. The van der Waals surface area contributed by atoms with Gasteiger partial charge in [0.2, 0.25) is 6.29 Å². The van der Waals surface area contributed by atoms with E-state index in [2.05, 4.69) is 28.1 Å². The van der Waals surface area contributed by atoms with Crippen molar-refractivity contribution in [2.75, 3.05) is 13.1 Å². The second-order valence-corrected chi connectivity index (χ2v) is 8.67. The molecule has 1 fully saturated rings. The van der Waals surface area contributed by atoms with Gasteiger partial charge in [-0.05, 0) is 47.7 Å². The zero-order chi connectivity index (χ0) is 20.9. The number of likely N-dealkylation sites (tertiary alicyclic amines) is 1. The van der Waals surface area contributed by atoms with Crippen molar-refractivity contribution >= 4 is 21.8 Å². The number of hydrogen-bond donors (Lipinski definition) is 1. The van der Waals surface area contributed by atoms with Crippen LogP contribution in [0.5, 0.6) is 0 Å². The summed E-state index contributed by atoms with van der Waals surface area (Å²) in [4.78, 5) is 14.8. The molecule has 30 heavy (non-hydrogen) atoms. The number of allylic oxidation sites excluding steroid dienone is 1. The Hall–Kier alpha value is -2.15. The largest absolute Gasteiger partial charge is 0.459 e. The molecule has 0 aromatic heterocycles. The molecule has 2 atom stereocenters. The topological polar surface area (TPSA) is 59.0 Å². The third kappa shape index (κ3) is 5.12. The number of carbonyl (C=O) groups is 1. The molecule has 2 aliphatic heterocycles. The number of halogens is 1. The van der Waals surface area contributed by atoms with Gasteiger partial charge in [-0.3, -0.25) is 4.79 Å². The molecule has 0 saturated carbocycles. The first kappa shape index (κ1) is 21.1. The van der Waals surface area contributed by atoms with Crippen molar-refractivity contribution in [3.05, 3.63) is 81.5 Å². The van der Waals surface area contributed by atoms with Crippen LogP contribution in [0, 0.1) is 0 Å². The van der Waals surface area contributed by atoms with Crippen LogP contribution < -0.4 is 0 Å². The third-order valence-corrected chi connectivity index (χ3v) is 6.13. The molecule has 6 heteroatoms. The maximum Gasteiger partial charge on any atom is 0.288 e. The van der Waals surface area contributed by atoms with E-state index in [1.165, 1.54) is 0 Å². The molecular weight excluding hydrogens is 446 g/mol. The van der Waals surface area contributed by atoms with Gasteiger partial charge in [-0.2, -0.15) is 0 Å². The summed E-state index contributed by atoms with van der Waals surface area (Å²) in [6.45, 7) is 1.97. The molecule has 2 heterocycles. The van der Waals surface area contributed by atoms with Crippen molar-refractivity contribution in [2.45, 2.75) is 44.7 Å². The lowest BCUT2D eigenvalue weighted by molar-refractivity contribution is -0.155. The summed E-state index contributed by atoms with van der Waals surface area (Å²) in [5.41, 5.74) is 3.00. The molecule has 2 aliphatic rings. The minimum absolute atomic E-state index is 0.0223. The molecule has 0 radical (unpaired) electrons. The summed E-state index contributed by atoms with van der Waals surface area (Å²) in [6, 6.07) is 15.8. The second-order valence-electron chi connectivity index (χ2n) is 7.76. The van der Waals surface area contributed by atoms with Crippen molar-refractivity contribution in [1.82, 2.24) is 4.90 Å². The van der Waals surface area contributed by atoms with Crippen LogP contribution in [0.4, 0.5) is 0 Å². The fourth-order valence-corrected chi connectivity index (χ4v) is 4.12. The second kappa shape index (κ2) is 9.77. The van der Waals surface area contributed by atoms with E-state index in [4.69, 9.17) is 9.47 Å². The van der Waals surface area contributed by atoms with Crippen LogP contribution in [0.3, 0.4) is 0 Å². The van der Waals surface area contributed by atoms with Crippen LogP contribution >= 0.6 is 15.9 Å². The highest BCUT2D eigenvalue weighted by Gasteiger charge is 2.31. The number of aliphatic hydroxyl groups excluding tert-OH is 1. The monoisotopic (exact) mass is 471 g/mol. The molecule has 1 saturated heterocycles. The maximum atomic E-state index is 13.0. The molecule has 1 N–H and O–H groups in total. The SMILES string of the molecule is O=C(C1=C[C@H](c2ccc(Br)cc2)C[C@H](OCc2ccc(CO)cc2)O1)N1CCCC1. The number of ether oxygens (including phenoxy) is 2. The standard InChI is InChI=1S/C24H26BrNO4/c25-21-9-7-19(8-10-21)20-13-22(24(28)26-11-1-2-12-26)30-23(14-20)29-16-18-5-3-17(15-27)4-6-18/h3-10,13,20,23,27H,1-2,11-12,14-16H2/t20-,23+/m0/s1. The van der Waals surface area contributed by atoms with Crippen molar-refractivity contribution in [3.63, 3.8) is 0 Å². The van der Waals surface area contributed by atoms with Crippen LogP contribution in [0.25, 0.3) is 0 Å². The average molecular weight is 472 g/mol. The van der Waals surface area contributed by atoms with Gasteiger partial charge in [0.15, 0.2) is 5.76 Å². The number of aliphatic hydroxyl groups is 1. The summed E-state index contributed by atoms with van der Waals surface area (Å²) >= 11 is 3.48. The predicted octanol–water partition coefficient (Wildman–Crippen LogP) is 4.49. The molecular formula is C24H26BrNO4. The van der Waals surface area contributed by atoms with E-state index in [0.717, 1.165) is 47.1 Å². The first-order valence-corrected chi connectivity index (χ1v) is 11.1. The Labute approximate surface area is 185 Å². The van der Waals surface area contributed by atoms with Gasteiger partial charge < -0.3 is 19.5 Å². The van der Waals surface area contributed by atoms with Gasteiger partial charge in [-0.25, -0.2) is 0 Å².